The lowest BCUT2D eigenvalue weighted by Gasteiger charge is -2.11. The number of hydrogen-bond acceptors (Lipinski definition) is 4. The monoisotopic (exact) mass is 342 g/mol. The Kier molecular flexibility index (Phi) is 16.0. The van der Waals surface area contributed by atoms with Crippen LogP contribution >= 0.6 is 0 Å². The second kappa shape index (κ2) is 16.8. The van der Waals surface area contributed by atoms with Crippen molar-refractivity contribution in [1.29, 1.82) is 0 Å². The lowest BCUT2D eigenvalue weighted by molar-refractivity contribution is -0.159. The van der Waals surface area contributed by atoms with E-state index in [-0.39, 0.29) is 0 Å². The Bertz CT molecular complexity index is 299. The molecule has 0 saturated carbocycles. The molecule has 4 heteroatoms. The first-order valence-corrected chi connectivity index (χ1v) is 9.83. The maximum absolute atomic E-state index is 11.5. The molecule has 0 aromatic rings. The third-order valence-corrected chi connectivity index (χ3v) is 4.57. The van der Waals surface area contributed by atoms with Crippen molar-refractivity contribution in [3.8, 4) is 0 Å². The smallest absolute Gasteiger partial charge is 0.320 e. The SMILES string of the molecule is CCCCCCCCCCCCCCCC(C(=O)OC)C(=O)OC. The van der Waals surface area contributed by atoms with Gasteiger partial charge in [-0.25, -0.2) is 0 Å². The first kappa shape index (κ1) is 22.9. The molecule has 0 fully saturated rings. The number of carbonyl (C=O) groups excluding carboxylic acids is 2. The minimum absolute atomic E-state index is 0.485. The van der Waals surface area contributed by atoms with Gasteiger partial charge in [-0.05, 0) is 6.42 Å². The molecule has 0 saturated heterocycles. The van der Waals surface area contributed by atoms with Gasteiger partial charge in [0.15, 0.2) is 5.92 Å². The molecule has 24 heavy (non-hydrogen) atoms. The van der Waals surface area contributed by atoms with Gasteiger partial charge in [0.05, 0.1) is 14.2 Å². The lowest BCUT2D eigenvalue weighted by Crippen LogP contribution is -2.26. The molecule has 142 valence electrons. The van der Waals surface area contributed by atoms with Crippen LogP contribution in [0, 0.1) is 5.92 Å². The highest BCUT2D eigenvalue weighted by Gasteiger charge is 2.27. The second-order valence-corrected chi connectivity index (χ2v) is 6.63. The largest absolute Gasteiger partial charge is 0.468 e. The molecule has 0 aromatic heterocycles. The first-order valence-electron chi connectivity index (χ1n) is 9.83. The zero-order valence-electron chi connectivity index (χ0n) is 16.1. The Balaban J connectivity index is 3.46. The van der Waals surface area contributed by atoms with Crippen LogP contribution in [0.4, 0.5) is 0 Å². The molecule has 0 atom stereocenters. The Labute approximate surface area is 148 Å². The summed E-state index contributed by atoms with van der Waals surface area (Å²) in [7, 11) is 2.62. The van der Waals surface area contributed by atoms with Crippen LogP contribution in [0.2, 0.25) is 0 Å². The molecule has 0 aliphatic heterocycles. The van der Waals surface area contributed by atoms with Crippen LogP contribution < -0.4 is 0 Å². The van der Waals surface area contributed by atoms with Crippen molar-refractivity contribution in [2.45, 2.75) is 96.8 Å². The number of ether oxygens (including phenoxy) is 2. The molecule has 0 bridgehead atoms. The van der Waals surface area contributed by atoms with Gasteiger partial charge >= 0.3 is 11.9 Å². The van der Waals surface area contributed by atoms with Crippen LogP contribution in [0.25, 0.3) is 0 Å². The predicted molar refractivity (Wildman–Crippen MR) is 97.8 cm³/mol. The van der Waals surface area contributed by atoms with Crippen molar-refractivity contribution < 1.29 is 19.1 Å². The van der Waals surface area contributed by atoms with Gasteiger partial charge in [-0.2, -0.15) is 0 Å². The Morgan fingerprint density at radius 1 is 0.625 bits per heavy atom. The maximum Gasteiger partial charge on any atom is 0.320 e. The number of esters is 2. The van der Waals surface area contributed by atoms with E-state index in [1.54, 1.807) is 0 Å². The zero-order chi connectivity index (χ0) is 18.0. The summed E-state index contributed by atoms with van der Waals surface area (Å²) in [5, 5.41) is 0. The summed E-state index contributed by atoms with van der Waals surface area (Å²) >= 11 is 0. The van der Waals surface area contributed by atoms with Gasteiger partial charge in [0.2, 0.25) is 0 Å². The van der Waals surface area contributed by atoms with Crippen molar-refractivity contribution in [3.05, 3.63) is 0 Å². The average Bonchev–Trinajstić information content (AvgIpc) is 2.61. The first-order chi connectivity index (χ1) is 11.7. The van der Waals surface area contributed by atoms with Crippen LogP contribution in [0.15, 0.2) is 0 Å². The molecule has 0 aliphatic rings. The number of rotatable bonds is 16. The maximum atomic E-state index is 11.5. The normalized spacial score (nSPS) is 10.8. The summed E-state index contributed by atoms with van der Waals surface area (Å²) in [4.78, 5) is 23.1. The van der Waals surface area contributed by atoms with Crippen LogP contribution in [-0.4, -0.2) is 26.2 Å². The Hall–Kier alpha value is -1.06. The van der Waals surface area contributed by atoms with Gasteiger partial charge < -0.3 is 9.47 Å². The molecular weight excluding hydrogens is 304 g/mol. The molecule has 0 heterocycles. The molecule has 0 rings (SSSR count). The third kappa shape index (κ3) is 12.4. The molecule has 0 radical (unpaired) electrons. The fourth-order valence-corrected chi connectivity index (χ4v) is 2.98. The lowest BCUT2D eigenvalue weighted by atomic mass is 10.00. The van der Waals surface area contributed by atoms with Crippen LogP contribution in [0.1, 0.15) is 96.8 Å². The standard InChI is InChI=1S/C20H38O4/c1-4-5-6-7-8-9-10-11-12-13-14-15-16-17-18(19(21)23-2)20(22)24-3/h18H,4-17H2,1-3H3. The minimum Gasteiger partial charge on any atom is -0.468 e. The van der Waals surface area contributed by atoms with E-state index in [1.807, 2.05) is 0 Å². The van der Waals surface area contributed by atoms with E-state index < -0.39 is 17.9 Å². The van der Waals surface area contributed by atoms with Gasteiger partial charge in [-0.15, -0.1) is 0 Å². The highest BCUT2D eigenvalue weighted by atomic mass is 16.5. The zero-order valence-corrected chi connectivity index (χ0v) is 16.1. The highest BCUT2D eigenvalue weighted by Crippen LogP contribution is 2.16. The summed E-state index contributed by atoms with van der Waals surface area (Å²) in [6.07, 6.45) is 17.1. The van der Waals surface area contributed by atoms with E-state index in [4.69, 9.17) is 0 Å². The number of carbonyl (C=O) groups is 2. The molecule has 0 amide bonds. The molecule has 0 aliphatic carbocycles. The highest BCUT2D eigenvalue weighted by molar-refractivity contribution is 5.94. The second-order valence-electron chi connectivity index (χ2n) is 6.63. The van der Waals surface area contributed by atoms with Crippen molar-refractivity contribution in [2.75, 3.05) is 14.2 Å². The molecule has 0 aromatic carbocycles. The van der Waals surface area contributed by atoms with Gasteiger partial charge in [-0.1, -0.05) is 90.4 Å². The third-order valence-electron chi connectivity index (χ3n) is 4.57. The van der Waals surface area contributed by atoms with Gasteiger partial charge in [0, 0.05) is 0 Å². The van der Waals surface area contributed by atoms with Crippen LogP contribution in [0.5, 0.6) is 0 Å². The van der Waals surface area contributed by atoms with Crippen LogP contribution in [-0.2, 0) is 19.1 Å². The van der Waals surface area contributed by atoms with Crippen molar-refractivity contribution >= 4 is 11.9 Å². The molecule has 0 N–H and O–H groups in total. The van der Waals surface area contributed by atoms with E-state index in [0.29, 0.717) is 6.42 Å². The van der Waals surface area contributed by atoms with E-state index in [0.717, 1.165) is 12.8 Å². The summed E-state index contributed by atoms with van der Waals surface area (Å²) in [6, 6.07) is 0. The van der Waals surface area contributed by atoms with Gasteiger partial charge in [-0.3, -0.25) is 9.59 Å². The molecule has 0 unspecified atom stereocenters. The summed E-state index contributed by atoms with van der Waals surface area (Å²) in [5.41, 5.74) is 0. The fraction of sp³-hybridized carbons (Fsp3) is 0.900. The Morgan fingerprint density at radius 2 is 0.958 bits per heavy atom. The van der Waals surface area contributed by atoms with E-state index in [1.165, 1.54) is 84.8 Å². The average molecular weight is 343 g/mol. The Morgan fingerprint density at radius 3 is 1.29 bits per heavy atom. The molecular formula is C20H38O4. The number of hydrogen-bond donors (Lipinski definition) is 0. The summed E-state index contributed by atoms with van der Waals surface area (Å²) in [6.45, 7) is 2.26. The van der Waals surface area contributed by atoms with Crippen molar-refractivity contribution in [1.82, 2.24) is 0 Å². The van der Waals surface area contributed by atoms with Crippen molar-refractivity contribution in [2.24, 2.45) is 5.92 Å². The van der Waals surface area contributed by atoms with Crippen LogP contribution in [0.3, 0.4) is 0 Å². The van der Waals surface area contributed by atoms with Gasteiger partial charge in [0.1, 0.15) is 0 Å². The summed E-state index contributed by atoms with van der Waals surface area (Å²) < 4.78 is 9.32. The minimum atomic E-state index is -0.757. The molecule has 0 spiro atoms. The topological polar surface area (TPSA) is 52.6 Å². The van der Waals surface area contributed by atoms with Crippen molar-refractivity contribution in [3.63, 3.8) is 0 Å². The van der Waals surface area contributed by atoms with E-state index in [9.17, 15) is 9.59 Å². The van der Waals surface area contributed by atoms with E-state index in [2.05, 4.69) is 16.4 Å². The van der Waals surface area contributed by atoms with E-state index >= 15 is 0 Å². The number of methoxy groups -OCH3 is 2. The van der Waals surface area contributed by atoms with Gasteiger partial charge in [0.25, 0.3) is 0 Å². The molecule has 4 nitrogen and oxygen atoms in total. The number of unbranched alkanes of at least 4 members (excludes halogenated alkanes) is 12. The fourth-order valence-electron chi connectivity index (χ4n) is 2.98. The quantitative estimate of drug-likeness (QED) is 0.213. The summed E-state index contributed by atoms with van der Waals surface area (Å²) in [5.74, 6) is -1.73. The predicted octanol–water partition coefficient (Wildman–Crippen LogP) is 5.43.